The molecule has 2 aliphatic carbocycles. The second-order valence-corrected chi connectivity index (χ2v) is 21.0. The lowest BCUT2D eigenvalue weighted by Crippen LogP contribution is -2.34. The lowest BCUT2D eigenvalue weighted by Gasteiger charge is -2.31. The molecule has 0 amide bonds. The van der Waals surface area contributed by atoms with Crippen molar-refractivity contribution in [2.24, 2.45) is 5.92 Å². The van der Waals surface area contributed by atoms with Crippen LogP contribution in [-0.4, -0.2) is 46.8 Å². The van der Waals surface area contributed by atoms with Gasteiger partial charge in [-0.05, 0) is 110 Å². The van der Waals surface area contributed by atoms with Crippen molar-refractivity contribution in [3.05, 3.63) is 81.3 Å². The molecule has 246 valence electrons. The molecule has 47 heavy (non-hydrogen) atoms. The summed E-state index contributed by atoms with van der Waals surface area (Å²) in [7, 11) is -1.28. The van der Waals surface area contributed by atoms with Crippen molar-refractivity contribution < 1.29 is 9.13 Å². The molecule has 9 heteroatoms. The third-order valence-electron chi connectivity index (χ3n) is 10.0. The Kier molecular flexibility index (Phi) is 8.71. The molecule has 7 nitrogen and oxygen atoms in total. The molecule has 0 N–H and O–H groups in total. The van der Waals surface area contributed by atoms with E-state index in [1.54, 1.807) is 10.6 Å². The van der Waals surface area contributed by atoms with Crippen LogP contribution in [-0.2, 0) is 18.0 Å². The van der Waals surface area contributed by atoms with Crippen molar-refractivity contribution in [2.45, 2.75) is 96.2 Å². The minimum atomic E-state index is -1.28. The van der Waals surface area contributed by atoms with Gasteiger partial charge in [0.15, 0.2) is 0 Å². The largest absolute Gasteiger partial charge is 0.361 e. The van der Waals surface area contributed by atoms with Crippen molar-refractivity contribution in [3.63, 3.8) is 0 Å². The van der Waals surface area contributed by atoms with Crippen molar-refractivity contribution in [1.29, 1.82) is 5.26 Å². The Hall–Kier alpha value is -3.58. The van der Waals surface area contributed by atoms with Crippen LogP contribution >= 0.6 is 0 Å². The molecule has 1 aliphatic heterocycles. The summed E-state index contributed by atoms with van der Waals surface area (Å²) in [6, 6.07) is 13.7. The van der Waals surface area contributed by atoms with Gasteiger partial charge in [0.05, 0.1) is 11.6 Å². The number of pyridine rings is 2. The number of hydrogen-bond donors (Lipinski definition) is 0. The number of halogens is 1. The van der Waals surface area contributed by atoms with E-state index in [1.165, 1.54) is 30.5 Å². The number of likely N-dealkylation sites (tertiary alicyclic amines) is 1. The second kappa shape index (κ2) is 12.8. The fourth-order valence-corrected chi connectivity index (χ4v) is 7.82. The SMILES string of the molecule is C[C@H]1CCCN(Cc2cc3c(C4CC4)cn(-c4cc(-c5ccc(F)cc5C#N)cc(C5CC5)n4)c(=O)c3n2COCC[Si](C)(C)C)C1. The van der Waals surface area contributed by atoms with Gasteiger partial charge >= 0.3 is 0 Å². The second-order valence-electron chi connectivity index (χ2n) is 15.4. The number of aromatic nitrogens is 3. The molecule has 0 bridgehead atoms. The number of nitriles is 1. The summed E-state index contributed by atoms with van der Waals surface area (Å²) >= 11 is 0. The Balaban J connectivity index is 1.37. The van der Waals surface area contributed by atoms with Gasteiger partial charge in [0.25, 0.3) is 5.56 Å². The van der Waals surface area contributed by atoms with Crippen LogP contribution < -0.4 is 5.56 Å². The zero-order valence-corrected chi connectivity index (χ0v) is 29.2. The van der Waals surface area contributed by atoms with E-state index >= 15 is 0 Å². The van der Waals surface area contributed by atoms with Crippen molar-refractivity contribution in [1.82, 2.24) is 19.0 Å². The molecule has 1 saturated heterocycles. The van der Waals surface area contributed by atoms with E-state index in [1.807, 2.05) is 18.3 Å². The predicted octanol–water partition coefficient (Wildman–Crippen LogP) is 8.16. The standard InChI is InChI=1S/C38H46FN5O2Si/c1-25-6-5-13-42(21-25)22-31-19-33-34(26-7-8-26)23-43(38(45)37(33)44(31)24-46-14-15-47(2,3)4)36-18-28(17-35(41-36)27-9-10-27)32-12-11-30(39)16-29(32)20-40/h11-12,16-19,23,25-27H,5-10,13-15,21-22,24H2,1-4H3/t25-/m0/s1. The molecule has 0 radical (unpaired) electrons. The average molecular weight is 652 g/mol. The van der Waals surface area contributed by atoms with Crippen LogP contribution in [0.2, 0.25) is 25.7 Å². The van der Waals surface area contributed by atoms with E-state index in [-0.39, 0.29) is 11.1 Å². The number of hydrogen-bond acceptors (Lipinski definition) is 5. The first kappa shape index (κ1) is 32.0. The number of rotatable bonds is 11. The molecular weight excluding hydrogens is 606 g/mol. The maximum atomic E-state index is 14.7. The number of nitrogens with zero attached hydrogens (tertiary/aromatic N) is 5. The highest BCUT2D eigenvalue weighted by Crippen LogP contribution is 2.44. The monoisotopic (exact) mass is 651 g/mol. The molecule has 3 aromatic heterocycles. The van der Waals surface area contributed by atoms with Crippen LogP contribution in [0.5, 0.6) is 0 Å². The highest BCUT2D eigenvalue weighted by atomic mass is 28.3. The fourth-order valence-electron chi connectivity index (χ4n) is 7.06. The lowest BCUT2D eigenvalue weighted by atomic mass is 9.99. The highest BCUT2D eigenvalue weighted by Gasteiger charge is 2.31. The first-order chi connectivity index (χ1) is 22.6. The minimum absolute atomic E-state index is 0.109. The molecule has 4 heterocycles. The molecule has 4 aromatic rings. The van der Waals surface area contributed by atoms with E-state index < -0.39 is 13.9 Å². The van der Waals surface area contributed by atoms with E-state index in [9.17, 15) is 14.4 Å². The van der Waals surface area contributed by atoms with Gasteiger partial charge in [0.1, 0.15) is 23.9 Å². The first-order valence-electron chi connectivity index (χ1n) is 17.4. The Labute approximate surface area is 278 Å². The smallest absolute Gasteiger partial charge is 0.280 e. The third kappa shape index (κ3) is 7.01. The van der Waals surface area contributed by atoms with Crippen molar-refractivity contribution in [2.75, 3.05) is 19.7 Å². The predicted molar refractivity (Wildman–Crippen MR) is 187 cm³/mol. The van der Waals surface area contributed by atoms with Gasteiger partial charge in [0.2, 0.25) is 0 Å². The van der Waals surface area contributed by atoms with Crippen molar-refractivity contribution in [3.8, 4) is 23.0 Å². The Morgan fingerprint density at radius 2 is 1.85 bits per heavy atom. The normalized spacial score (nSPS) is 18.9. The van der Waals surface area contributed by atoms with E-state index in [0.717, 1.165) is 73.7 Å². The number of fused-ring (bicyclic) bond motifs is 1. The summed E-state index contributed by atoms with van der Waals surface area (Å²) in [5, 5.41) is 10.9. The van der Waals surface area contributed by atoms with Gasteiger partial charge in [-0.3, -0.25) is 14.3 Å². The maximum Gasteiger partial charge on any atom is 0.280 e. The zero-order valence-electron chi connectivity index (χ0n) is 28.2. The van der Waals surface area contributed by atoms with Gasteiger partial charge in [0, 0.05) is 56.7 Å². The number of benzene rings is 1. The van der Waals surface area contributed by atoms with Gasteiger partial charge in [-0.15, -0.1) is 0 Å². The summed E-state index contributed by atoms with van der Waals surface area (Å²) in [6.07, 6.45) is 8.77. The minimum Gasteiger partial charge on any atom is -0.361 e. The van der Waals surface area contributed by atoms with Crippen molar-refractivity contribution >= 4 is 19.0 Å². The quantitative estimate of drug-likeness (QED) is 0.121. The highest BCUT2D eigenvalue weighted by molar-refractivity contribution is 6.76. The molecule has 3 fully saturated rings. The maximum absolute atomic E-state index is 14.7. The van der Waals surface area contributed by atoms with Crippen LogP contribution in [0.25, 0.3) is 27.8 Å². The molecule has 7 rings (SSSR count). The van der Waals surface area contributed by atoms with E-state index in [0.29, 0.717) is 48.0 Å². The average Bonchev–Trinajstić information content (AvgIpc) is 3.96. The summed E-state index contributed by atoms with van der Waals surface area (Å²) in [5.74, 6) is 1.49. The molecule has 3 aliphatic rings. The lowest BCUT2D eigenvalue weighted by molar-refractivity contribution is 0.0848. The number of piperidine rings is 1. The topological polar surface area (TPSA) is 76.1 Å². The van der Waals surface area contributed by atoms with E-state index in [2.05, 4.69) is 48.2 Å². The summed E-state index contributed by atoms with van der Waals surface area (Å²) in [4.78, 5) is 22.3. The van der Waals surface area contributed by atoms with Gasteiger partial charge in [-0.25, -0.2) is 9.37 Å². The van der Waals surface area contributed by atoms with Crippen LogP contribution in [0.1, 0.15) is 79.8 Å². The Morgan fingerprint density at radius 3 is 2.55 bits per heavy atom. The van der Waals surface area contributed by atoms with Crippen LogP contribution in [0, 0.1) is 23.1 Å². The van der Waals surface area contributed by atoms with Crippen LogP contribution in [0.4, 0.5) is 4.39 Å². The summed E-state index contributed by atoms with van der Waals surface area (Å²) < 4.78 is 24.3. The van der Waals surface area contributed by atoms with Gasteiger partial charge in [-0.1, -0.05) is 32.6 Å². The molecule has 0 unspecified atom stereocenters. The summed E-state index contributed by atoms with van der Waals surface area (Å²) in [6.45, 7) is 13.3. The fraction of sp³-hybridized carbons (Fsp3) is 0.500. The van der Waals surface area contributed by atoms with Gasteiger partial charge < -0.3 is 9.30 Å². The Morgan fingerprint density at radius 1 is 1.06 bits per heavy atom. The van der Waals surface area contributed by atoms with E-state index in [4.69, 9.17) is 9.72 Å². The molecule has 2 saturated carbocycles. The third-order valence-corrected chi connectivity index (χ3v) is 11.7. The molecule has 0 spiro atoms. The Bertz CT molecular complexity index is 1910. The number of ether oxygens (including phenoxy) is 1. The van der Waals surface area contributed by atoms with Crippen LogP contribution in [0.15, 0.2) is 47.4 Å². The molecular formula is C38H46FN5O2Si. The molecule has 1 aromatic carbocycles. The van der Waals surface area contributed by atoms with Crippen LogP contribution in [0.3, 0.4) is 0 Å². The zero-order chi connectivity index (χ0) is 32.9. The summed E-state index contributed by atoms with van der Waals surface area (Å²) in [5.41, 5.74) is 5.50. The van der Waals surface area contributed by atoms with Gasteiger partial charge in [-0.2, -0.15) is 5.26 Å². The first-order valence-corrected chi connectivity index (χ1v) is 21.1. The molecule has 1 atom stereocenters.